The van der Waals surface area contributed by atoms with E-state index in [4.69, 9.17) is 4.74 Å². The maximum atomic E-state index is 12.7. The van der Waals surface area contributed by atoms with Gasteiger partial charge in [-0.05, 0) is 49.2 Å². The topological polar surface area (TPSA) is 78.9 Å². The van der Waals surface area contributed by atoms with Gasteiger partial charge in [-0.15, -0.1) is 0 Å². The van der Waals surface area contributed by atoms with Crippen LogP contribution in [0.2, 0.25) is 0 Å². The maximum Gasteiger partial charge on any atom is 0.416 e. The Bertz CT molecular complexity index is 993. The van der Waals surface area contributed by atoms with Crippen LogP contribution >= 0.6 is 0 Å². The van der Waals surface area contributed by atoms with Crippen LogP contribution in [0, 0.1) is 19.8 Å². The second-order valence-electron chi connectivity index (χ2n) is 7.86. The van der Waals surface area contributed by atoms with Crippen LogP contribution in [0.1, 0.15) is 23.1 Å². The first-order valence-corrected chi connectivity index (χ1v) is 10.2. The zero-order valence-electron chi connectivity index (χ0n) is 17.8. The monoisotopic (exact) mass is 450 g/mol. The fourth-order valence-corrected chi connectivity index (χ4v) is 3.52. The molecule has 32 heavy (non-hydrogen) atoms. The third kappa shape index (κ3) is 5.59. The number of nitrogens with one attached hydrogen (secondary N) is 1. The van der Waals surface area contributed by atoms with Crippen molar-refractivity contribution in [2.45, 2.75) is 32.5 Å². The van der Waals surface area contributed by atoms with Crippen molar-refractivity contribution in [2.24, 2.45) is 5.92 Å². The average Bonchev–Trinajstić information content (AvgIpc) is 3.13. The molecule has 0 saturated carbocycles. The number of hydrogen-bond acceptors (Lipinski definition) is 4. The summed E-state index contributed by atoms with van der Waals surface area (Å²) in [6.07, 6.45) is -5.55. The second kappa shape index (κ2) is 9.60. The van der Waals surface area contributed by atoms with Crippen LogP contribution in [0.5, 0.6) is 5.75 Å². The zero-order chi connectivity index (χ0) is 23.5. The quantitative estimate of drug-likeness (QED) is 0.679. The molecule has 2 N–H and O–H groups in total. The Morgan fingerprint density at radius 3 is 2.69 bits per heavy atom. The molecule has 1 heterocycles. The number of aryl methyl sites for hydroxylation is 1. The van der Waals surface area contributed by atoms with Gasteiger partial charge in [0.25, 0.3) is 0 Å². The summed E-state index contributed by atoms with van der Waals surface area (Å²) in [5.41, 5.74) is 1.95. The minimum absolute atomic E-state index is 0.0317. The van der Waals surface area contributed by atoms with Gasteiger partial charge in [-0.25, -0.2) is 0 Å². The minimum atomic E-state index is -4.49. The number of carbonyl (C=O) groups excluding carboxylic acids is 2. The van der Waals surface area contributed by atoms with Crippen LogP contribution in [-0.4, -0.2) is 42.7 Å². The molecule has 0 spiro atoms. The highest BCUT2D eigenvalue weighted by molar-refractivity contribution is 6.00. The maximum absolute atomic E-state index is 12.7. The Kier molecular flexibility index (Phi) is 7.08. The largest absolute Gasteiger partial charge is 0.491 e. The lowest BCUT2D eigenvalue weighted by Gasteiger charge is -2.20. The van der Waals surface area contributed by atoms with E-state index in [1.807, 2.05) is 32.0 Å². The molecule has 0 aliphatic carbocycles. The molecule has 2 aromatic rings. The zero-order valence-corrected chi connectivity index (χ0v) is 17.8. The molecule has 3 rings (SSSR count). The van der Waals surface area contributed by atoms with Crippen LogP contribution in [0.3, 0.4) is 0 Å². The number of hydrogen-bond donors (Lipinski definition) is 2. The van der Waals surface area contributed by atoms with Gasteiger partial charge < -0.3 is 20.1 Å². The van der Waals surface area contributed by atoms with E-state index in [-0.39, 0.29) is 43.7 Å². The normalized spacial score (nSPS) is 17.4. The van der Waals surface area contributed by atoms with Crippen molar-refractivity contribution < 1.29 is 32.6 Å². The standard InChI is InChI=1S/C23H25F3N2O4/c1-14-5-3-8-20(15(14)2)28-12-16(9-21(28)30)22(31)27-11-18(29)13-32-19-7-4-6-17(10-19)23(24,25)26/h3-8,10,16,18,29H,9,11-13H2,1-2H3,(H,27,31). The molecule has 2 unspecified atom stereocenters. The van der Waals surface area contributed by atoms with Crippen LogP contribution in [0.4, 0.5) is 18.9 Å². The summed E-state index contributed by atoms with van der Waals surface area (Å²) in [6, 6.07) is 9.99. The van der Waals surface area contributed by atoms with Gasteiger partial charge in [-0.1, -0.05) is 18.2 Å². The molecule has 172 valence electrons. The molecule has 1 fully saturated rings. The number of alkyl halides is 3. The first-order valence-electron chi connectivity index (χ1n) is 10.2. The second-order valence-corrected chi connectivity index (χ2v) is 7.86. The van der Waals surface area contributed by atoms with Gasteiger partial charge in [0.05, 0.1) is 11.5 Å². The number of amides is 2. The van der Waals surface area contributed by atoms with Crippen LogP contribution in [-0.2, 0) is 15.8 Å². The van der Waals surface area contributed by atoms with Crippen LogP contribution < -0.4 is 15.0 Å². The first kappa shape index (κ1) is 23.6. The fraction of sp³-hybridized carbons (Fsp3) is 0.391. The number of rotatable bonds is 7. The number of benzene rings is 2. The SMILES string of the molecule is Cc1cccc(N2CC(C(=O)NCC(O)COc3cccc(C(F)(F)F)c3)CC2=O)c1C. The van der Waals surface area contributed by atoms with Gasteiger partial charge in [-0.3, -0.25) is 9.59 Å². The molecule has 2 amide bonds. The molecule has 0 bridgehead atoms. The molecule has 1 aliphatic rings. The lowest BCUT2D eigenvalue weighted by Crippen LogP contribution is -2.39. The summed E-state index contributed by atoms with van der Waals surface area (Å²) in [7, 11) is 0. The summed E-state index contributed by atoms with van der Waals surface area (Å²) in [5.74, 6) is -1.11. The molecule has 1 saturated heterocycles. The number of nitrogens with zero attached hydrogens (tertiary/aromatic N) is 1. The van der Waals surface area contributed by atoms with E-state index in [0.29, 0.717) is 0 Å². The van der Waals surface area contributed by atoms with Gasteiger partial charge in [-0.2, -0.15) is 13.2 Å². The molecule has 0 radical (unpaired) electrons. The molecule has 1 aliphatic heterocycles. The van der Waals surface area contributed by atoms with Gasteiger partial charge in [0.2, 0.25) is 11.8 Å². The van der Waals surface area contributed by atoms with Crippen molar-refractivity contribution in [3.63, 3.8) is 0 Å². The number of carbonyl (C=O) groups is 2. The van der Waals surface area contributed by atoms with Crippen LogP contribution in [0.25, 0.3) is 0 Å². The van der Waals surface area contributed by atoms with E-state index < -0.39 is 23.8 Å². The summed E-state index contributed by atoms with van der Waals surface area (Å²) in [5, 5.41) is 12.6. The number of aliphatic hydroxyl groups is 1. The Balaban J connectivity index is 1.49. The predicted octanol–water partition coefficient (Wildman–Crippen LogP) is 3.23. The highest BCUT2D eigenvalue weighted by Crippen LogP contribution is 2.31. The lowest BCUT2D eigenvalue weighted by atomic mass is 10.1. The number of anilines is 1. The van der Waals surface area contributed by atoms with Crippen molar-refractivity contribution in [3.8, 4) is 5.75 Å². The van der Waals surface area contributed by atoms with E-state index in [9.17, 15) is 27.9 Å². The van der Waals surface area contributed by atoms with Crippen molar-refractivity contribution >= 4 is 17.5 Å². The Hall–Kier alpha value is -3.07. The molecule has 2 aromatic carbocycles. The first-order chi connectivity index (χ1) is 15.1. The summed E-state index contributed by atoms with van der Waals surface area (Å²) < 4.78 is 43.5. The molecule has 0 aromatic heterocycles. The minimum Gasteiger partial charge on any atom is -0.491 e. The van der Waals surface area contributed by atoms with E-state index >= 15 is 0 Å². The number of ether oxygens (including phenoxy) is 1. The van der Waals surface area contributed by atoms with Crippen molar-refractivity contribution in [3.05, 3.63) is 59.2 Å². The van der Waals surface area contributed by atoms with Crippen molar-refractivity contribution in [1.82, 2.24) is 5.32 Å². The third-order valence-corrected chi connectivity index (χ3v) is 5.48. The predicted molar refractivity (Wildman–Crippen MR) is 112 cm³/mol. The van der Waals surface area contributed by atoms with Gasteiger partial charge in [0, 0.05) is 25.2 Å². The van der Waals surface area contributed by atoms with E-state index in [1.165, 1.54) is 12.1 Å². The summed E-state index contributed by atoms with van der Waals surface area (Å²) >= 11 is 0. The Morgan fingerprint density at radius 1 is 1.25 bits per heavy atom. The lowest BCUT2D eigenvalue weighted by molar-refractivity contribution is -0.137. The summed E-state index contributed by atoms with van der Waals surface area (Å²) in [4.78, 5) is 26.5. The number of aliphatic hydroxyl groups excluding tert-OH is 1. The van der Waals surface area contributed by atoms with Gasteiger partial charge in [0.15, 0.2) is 0 Å². The summed E-state index contributed by atoms with van der Waals surface area (Å²) in [6.45, 7) is 3.68. The van der Waals surface area contributed by atoms with Gasteiger partial charge in [0.1, 0.15) is 18.5 Å². The van der Waals surface area contributed by atoms with Crippen molar-refractivity contribution in [2.75, 3.05) is 24.6 Å². The molecular formula is C23H25F3N2O4. The molecule has 6 nitrogen and oxygen atoms in total. The van der Waals surface area contributed by atoms with E-state index in [2.05, 4.69) is 5.32 Å². The Morgan fingerprint density at radius 2 is 1.97 bits per heavy atom. The molecular weight excluding hydrogens is 425 g/mol. The fourth-order valence-electron chi connectivity index (χ4n) is 3.52. The van der Waals surface area contributed by atoms with E-state index in [1.54, 1.807) is 4.90 Å². The van der Waals surface area contributed by atoms with Crippen LogP contribution in [0.15, 0.2) is 42.5 Å². The number of halogens is 3. The highest BCUT2D eigenvalue weighted by atomic mass is 19.4. The third-order valence-electron chi connectivity index (χ3n) is 5.48. The van der Waals surface area contributed by atoms with Gasteiger partial charge >= 0.3 is 6.18 Å². The molecule has 9 heteroatoms. The average molecular weight is 450 g/mol. The molecule has 2 atom stereocenters. The Labute approximate surface area is 184 Å². The van der Waals surface area contributed by atoms with E-state index in [0.717, 1.165) is 28.9 Å². The highest BCUT2D eigenvalue weighted by Gasteiger charge is 2.36. The van der Waals surface area contributed by atoms with Crippen molar-refractivity contribution in [1.29, 1.82) is 0 Å². The smallest absolute Gasteiger partial charge is 0.416 e.